The molecule has 3 heteroatoms. The molecule has 1 aromatic rings. The standard InChI is InChI=1S/C15H20N2O/c1-10-13(3-2-4-14(10)16)15(18)17(12-7-8-12)9-11-5-6-11/h2-4,11-12H,5-9,16H2,1H3. The van der Waals surface area contributed by atoms with E-state index < -0.39 is 0 Å². The number of anilines is 1. The normalized spacial score (nSPS) is 18.7. The number of hydrogen-bond acceptors (Lipinski definition) is 2. The zero-order valence-corrected chi connectivity index (χ0v) is 10.9. The minimum Gasteiger partial charge on any atom is -0.398 e. The van der Waals surface area contributed by atoms with Crippen molar-refractivity contribution in [1.29, 1.82) is 0 Å². The fourth-order valence-corrected chi connectivity index (χ4v) is 2.40. The largest absolute Gasteiger partial charge is 0.398 e. The maximum Gasteiger partial charge on any atom is 0.254 e. The van der Waals surface area contributed by atoms with Crippen LogP contribution in [0.5, 0.6) is 0 Å². The molecule has 0 bridgehead atoms. The van der Waals surface area contributed by atoms with Crippen LogP contribution in [-0.2, 0) is 0 Å². The van der Waals surface area contributed by atoms with Gasteiger partial charge in [-0.1, -0.05) is 6.07 Å². The third kappa shape index (κ3) is 2.22. The summed E-state index contributed by atoms with van der Waals surface area (Å²) in [6.45, 7) is 2.88. The number of benzene rings is 1. The molecule has 0 aliphatic heterocycles. The number of amides is 1. The van der Waals surface area contributed by atoms with Crippen molar-refractivity contribution in [3.05, 3.63) is 29.3 Å². The number of rotatable bonds is 4. The molecule has 0 atom stereocenters. The molecule has 2 aliphatic rings. The monoisotopic (exact) mass is 244 g/mol. The highest BCUT2D eigenvalue weighted by Gasteiger charge is 2.37. The van der Waals surface area contributed by atoms with Crippen LogP contribution in [0.2, 0.25) is 0 Å². The van der Waals surface area contributed by atoms with Crippen molar-refractivity contribution >= 4 is 11.6 Å². The Labute approximate surface area is 108 Å². The van der Waals surface area contributed by atoms with Crippen LogP contribution in [-0.4, -0.2) is 23.4 Å². The van der Waals surface area contributed by atoms with Gasteiger partial charge in [0.2, 0.25) is 0 Å². The molecule has 1 amide bonds. The second kappa shape index (κ2) is 4.30. The van der Waals surface area contributed by atoms with E-state index >= 15 is 0 Å². The highest BCUT2D eigenvalue weighted by molar-refractivity contribution is 5.97. The van der Waals surface area contributed by atoms with Crippen molar-refractivity contribution in [3.8, 4) is 0 Å². The van der Waals surface area contributed by atoms with Crippen LogP contribution >= 0.6 is 0 Å². The summed E-state index contributed by atoms with van der Waals surface area (Å²) in [5.74, 6) is 0.921. The van der Waals surface area contributed by atoms with Gasteiger partial charge in [0.05, 0.1) is 0 Å². The van der Waals surface area contributed by atoms with E-state index in [9.17, 15) is 4.79 Å². The van der Waals surface area contributed by atoms with E-state index in [1.54, 1.807) is 0 Å². The first kappa shape index (κ1) is 11.6. The highest BCUT2D eigenvalue weighted by Crippen LogP contribution is 2.36. The van der Waals surface area contributed by atoms with E-state index in [4.69, 9.17) is 5.73 Å². The SMILES string of the molecule is Cc1c(N)cccc1C(=O)N(CC1CC1)C1CC1. The van der Waals surface area contributed by atoms with Crippen LogP contribution in [0.3, 0.4) is 0 Å². The number of nitrogen functional groups attached to an aromatic ring is 1. The van der Waals surface area contributed by atoms with Gasteiger partial charge in [-0.15, -0.1) is 0 Å². The van der Waals surface area contributed by atoms with Gasteiger partial charge < -0.3 is 10.6 Å². The van der Waals surface area contributed by atoms with E-state index in [2.05, 4.69) is 4.90 Å². The molecule has 2 N–H and O–H groups in total. The summed E-state index contributed by atoms with van der Waals surface area (Å²) in [7, 11) is 0. The molecule has 2 aliphatic carbocycles. The number of carbonyl (C=O) groups is 1. The fourth-order valence-electron chi connectivity index (χ4n) is 2.40. The first-order chi connectivity index (χ1) is 8.66. The lowest BCUT2D eigenvalue weighted by Crippen LogP contribution is -2.35. The Bertz CT molecular complexity index is 475. The van der Waals surface area contributed by atoms with Gasteiger partial charge in [0, 0.05) is 23.8 Å². The molecule has 0 aromatic heterocycles. The van der Waals surface area contributed by atoms with E-state index in [0.29, 0.717) is 11.7 Å². The minimum absolute atomic E-state index is 0.175. The van der Waals surface area contributed by atoms with Crippen LogP contribution in [0, 0.1) is 12.8 Å². The summed E-state index contributed by atoms with van der Waals surface area (Å²) in [5, 5.41) is 0. The van der Waals surface area contributed by atoms with Crippen molar-refractivity contribution < 1.29 is 4.79 Å². The van der Waals surface area contributed by atoms with Gasteiger partial charge in [0.1, 0.15) is 0 Å². The fraction of sp³-hybridized carbons (Fsp3) is 0.533. The summed E-state index contributed by atoms with van der Waals surface area (Å²) >= 11 is 0. The Kier molecular flexibility index (Phi) is 2.77. The molecular weight excluding hydrogens is 224 g/mol. The molecule has 3 rings (SSSR count). The lowest BCUT2D eigenvalue weighted by atomic mass is 10.1. The van der Waals surface area contributed by atoms with Crippen molar-refractivity contribution in [2.45, 2.75) is 38.6 Å². The predicted molar refractivity (Wildman–Crippen MR) is 72.4 cm³/mol. The van der Waals surface area contributed by atoms with Crippen LogP contribution in [0.1, 0.15) is 41.6 Å². The van der Waals surface area contributed by atoms with Gasteiger partial charge in [0.25, 0.3) is 5.91 Å². The van der Waals surface area contributed by atoms with Gasteiger partial charge in [-0.3, -0.25) is 4.79 Å². The minimum atomic E-state index is 0.175. The predicted octanol–water partition coefficient (Wildman–Crippen LogP) is 2.59. The van der Waals surface area contributed by atoms with Crippen LogP contribution < -0.4 is 5.73 Å². The second-order valence-electron chi connectivity index (χ2n) is 5.65. The second-order valence-corrected chi connectivity index (χ2v) is 5.65. The molecular formula is C15H20N2O. The Morgan fingerprint density at radius 1 is 1.33 bits per heavy atom. The van der Waals surface area contributed by atoms with Crippen LogP contribution in [0.25, 0.3) is 0 Å². The summed E-state index contributed by atoms with van der Waals surface area (Å²) < 4.78 is 0. The molecule has 1 aromatic carbocycles. The van der Waals surface area contributed by atoms with Crippen molar-refractivity contribution in [3.63, 3.8) is 0 Å². The molecule has 3 nitrogen and oxygen atoms in total. The summed E-state index contributed by atoms with van der Waals surface area (Å²) in [4.78, 5) is 14.7. The molecule has 0 heterocycles. The van der Waals surface area contributed by atoms with Crippen molar-refractivity contribution in [1.82, 2.24) is 4.90 Å². The lowest BCUT2D eigenvalue weighted by Gasteiger charge is -2.23. The third-order valence-corrected chi connectivity index (χ3v) is 4.01. The number of nitrogens with two attached hydrogens (primary N) is 1. The molecule has 0 spiro atoms. The first-order valence-electron chi connectivity index (χ1n) is 6.83. The highest BCUT2D eigenvalue weighted by atomic mass is 16.2. The summed E-state index contributed by atoms with van der Waals surface area (Å²) in [5.41, 5.74) is 8.30. The van der Waals surface area contributed by atoms with Crippen molar-refractivity contribution in [2.75, 3.05) is 12.3 Å². The Balaban J connectivity index is 1.84. The maximum absolute atomic E-state index is 12.6. The number of hydrogen-bond donors (Lipinski definition) is 1. The van der Waals surface area contributed by atoms with E-state index in [0.717, 1.165) is 23.6 Å². The quantitative estimate of drug-likeness (QED) is 0.827. The summed E-state index contributed by atoms with van der Waals surface area (Å²) in [6, 6.07) is 6.11. The topological polar surface area (TPSA) is 46.3 Å². The van der Waals surface area contributed by atoms with Gasteiger partial charge in [-0.25, -0.2) is 0 Å². The van der Waals surface area contributed by atoms with Gasteiger partial charge >= 0.3 is 0 Å². The zero-order chi connectivity index (χ0) is 12.7. The molecule has 2 fully saturated rings. The average Bonchev–Trinajstić information content (AvgIpc) is 3.22. The Morgan fingerprint density at radius 2 is 2.06 bits per heavy atom. The van der Waals surface area contributed by atoms with E-state index in [-0.39, 0.29) is 5.91 Å². The Hall–Kier alpha value is -1.51. The number of nitrogens with zero attached hydrogens (tertiary/aromatic N) is 1. The zero-order valence-electron chi connectivity index (χ0n) is 10.9. The maximum atomic E-state index is 12.6. The van der Waals surface area contributed by atoms with E-state index in [1.165, 1.54) is 25.7 Å². The average molecular weight is 244 g/mol. The third-order valence-electron chi connectivity index (χ3n) is 4.01. The Morgan fingerprint density at radius 3 is 2.67 bits per heavy atom. The molecule has 96 valence electrons. The lowest BCUT2D eigenvalue weighted by molar-refractivity contribution is 0.0734. The van der Waals surface area contributed by atoms with Crippen LogP contribution in [0.15, 0.2) is 18.2 Å². The van der Waals surface area contributed by atoms with Gasteiger partial charge in [-0.05, 0) is 56.2 Å². The molecule has 0 unspecified atom stereocenters. The van der Waals surface area contributed by atoms with Gasteiger partial charge in [-0.2, -0.15) is 0 Å². The van der Waals surface area contributed by atoms with Gasteiger partial charge in [0.15, 0.2) is 0 Å². The smallest absolute Gasteiger partial charge is 0.254 e. The van der Waals surface area contributed by atoms with E-state index in [1.807, 2.05) is 25.1 Å². The number of carbonyl (C=O) groups excluding carboxylic acids is 1. The molecule has 0 radical (unpaired) electrons. The van der Waals surface area contributed by atoms with Crippen molar-refractivity contribution in [2.24, 2.45) is 5.92 Å². The molecule has 2 saturated carbocycles. The summed E-state index contributed by atoms with van der Waals surface area (Å²) in [6.07, 6.45) is 4.90. The molecule has 18 heavy (non-hydrogen) atoms. The molecule has 0 saturated heterocycles. The van der Waals surface area contributed by atoms with Crippen LogP contribution in [0.4, 0.5) is 5.69 Å². The first-order valence-corrected chi connectivity index (χ1v) is 6.83.